The van der Waals surface area contributed by atoms with Gasteiger partial charge in [0.15, 0.2) is 0 Å². The highest BCUT2D eigenvalue weighted by atomic mass is 16.6. The number of carbonyl (C=O) groups excluding carboxylic acids is 6. The van der Waals surface area contributed by atoms with Crippen LogP contribution < -0.4 is 30.2 Å². The summed E-state index contributed by atoms with van der Waals surface area (Å²) in [6.45, 7) is 2.24. The summed E-state index contributed by atoms with van der Waals surface area (Å²) in [5.74, 6) is -1.32. The van der Waals surface area contributed by atoms with Gasteiger partial charge in [-0.3, -0.25) is 29.0 Å². The van der Waals surface area contributed by atoms with Crippen molar-refractivity contribution in [3.05, 3.63) is 83.9 Å². The summed E-state index contributed by atoms with van der Waals surface area (Å²) in [5.41, 5.74) is 2.82. The van der Waals surface area contributed by atoms with Crippen LogP contribution in [0.2, 0.25) is 0 Å². The van der Waals surface area contributed by atoms with Crippen LogP contribution in [0.15, 0.2) is 72.8 Å². The average Bonchev–Trinajstić information content (AvgIpc) is 3.74. The zero-order valence-electron chi connectivity index (χ0n) is 28.0. The molecule has 3 aromatic carbocycles. The number of carbonyl (C=O) groups is 6. The molecular weight excluding hydrogens is 676 g/mol. The summed E-state index contributed by atoms with van der Waals surface area (Å²) >= 11 is 0. The zero-order valence-corrected chi connectivity index (χ0v) is 28.0. The van der Waals surface area contributed by atoms with E-state index in [1.54, 1.807) is 70.5 Å². The van der Waals surface area contributed by atoms with Gasteiger partial charge in [-0.2, -0.15) is 0 Å². The monoisotopic (exact) mass is 712 g/mol. The number of hydrogen-bond donors (Lipinski definition) is 2. The van der Waals surface area contributed by atoms with E-state index >= 15 is 0 Å². The third-order valence-electron chi connectivity index (χ3n) is 9.06. The molecule has 0 bridgehead atoms. The van der Waals surface area contributed by atoms with Crippen molar-refractivity contribution in [3.8, 4) is 0 Å². The normalized spacial score (nSPS) is 20.5. The molecule has 4 saturated heterocycles. The van der Waals surface area contributed by atoms with Crippen LogP contribution in [0.25, 0.3) is 0 Å². The second-order valence-electron chi connectivity index (χ2n) is 12.4. The fourth-order valence-electron chi connectivity index (χ4n) is 6.37. The van der Waals surface area contributed by atoms with E-state index in [2.05, 4.69) is 10.6 Å². The van der Waals surface area contributed by atoms with Crippen molar-refractivity contribution in [1.29, 1.82) is 0 Å². The minimum atomic E-state index is -0.643. The molecule has 4 aliphatic rings. The van der Waals surface area contributed by atoms with Crippen LogP contribution in [-0.2, 0) is 28.5 Å². The number of amides is 6. The van der Waals surface area contributed by atoms with Crippen LogP contribution in [0.3, 0.4) is 0 Å². The number of benzene rings is 3. The fourth-order valence-corrected chi connectivity index (χ4v) is 6.37. The predicted octanol–water partition coefficient (Wildman–Crippen LogP) is 1.92. The van der Waals surface area contributed by atoms with Gasteiger partial charge in [-0.1, -0.05) is 12.1 Å². The Hall–Kier alpha value is -6.00. The topological polar surface area (TPSA) is 176 Å². The lowest BCUT2D eigenvalue weighted by Crippen LogP contribution is -2.41. The van der Waals surface area contributed by atoms with Crippen molar-refractivity contribution < 1.29 is 47.7 Å². The maximum atomic E-state index is 13.2. The van der Waals surface area contributed by atoms with E-state index in [4.69, 9.17) is 18.9 Å². The van der Waals surface area contributed by atoms with E-state index in [0.717, 1.165) is 0 Å². The molecule has 3 aromatic rings. The molecule has 0 spiro atoms. The summed E-state index contributed by atoms with van der Waals surface area (Å²) in [5, 5.41) is 5.51. The Kier molecular flexibility index (Phi) is 9.99. The Balaban J connectivity index is 0.900. The third kappa shape index (κ3) is 7.38. The van der Waals surface area contributed by atoms with Crippen LogP contribution in [0.4, 0.5) is 32.3 Å². The number of rotatable bonds is 10. The Morgan fingerprint density at radius 2 is 0.923 bits per heavy atom. The first-order valence-electron chi connectivity index (χ1n) is 16.8. The van der Waals surface area contributed by atoms with Gasteiger partial charge in [-0.25, -0.2) is 9.59 Å². The molecule has 52 heavy (non-hydrogen) atoms. The molecule has 270 valence electrons. The van der Waals surface area contributed by atoms with Crippen molar-refractivity contribution in [3.63, 3.8) is 0 Å². The van der Waals surface area contributed by atoms with Crippen LogP contribution in [0.5, 0.6) is 0 Å². The summed E-state index contributed by atoms with van der Waals surface area (Å²) in [7, 11) is 0. The van der Waals surface area contributed by atoms with E-state index in [-0.39, 0.29) is 62.3 Å². The molecule has 0 saturated carbocycles. The van der Waals surface area contributed by atoms with E-state index in [1.807, 2.05) is 0 Å². The summed E-state index contributed by atoms with van der Waals surface area (Å²) in [6, 6.07) is 20.2. The molecule has 4 fully saturated rings. The zero-order chi connectivity index (χ0) is 36.2. The Labute approximate surface area is 298 Å². The molecule has 2 atom stereocenters. The molecule has 2 unspecified atom stereocenters. The summed E-state index contributed by atoms with van der Waals surface area (Å²) in [4.78, 5) is 82.3. The Morgan fingerprint density at radius 1 is 0.558 bits per heavy atom. The number of hydrogen-bond acceptors (Lipinski definition) is 10. The maximum Gasteiger partial charge on any atom is 0.414 e. The molecular formula is C36H36N6O10. The number of nitrogens with one attached hydrogen (secondary N) is 2. The molecule has 4 heterocycles. The minimum absolute atomic E-state index is 0.00891. The van der Waals surface area contributed by atoms with Crippen molar-refractivity contribution in [2.45, 2.75) is 12.2 Å². The summed E-state index contributed by atoms with van der Waals surface area (Å²) < 4.78 is 21.3. The van der Waals surface area contributed by atoms with Gasteiger partial charge in [-0.05, 0) is 60.7 Å². The number of cyclic esters (lactones) is 2. The highest BCUT2D eigenvalue weighted by Crippen LogP contribution is 2.27. The van der Waals surface area contributed by atoms with Gasteiger partial charge < -0.3 is 39.4 Å². The van der Waals surface area contributed by atoms with Gasteiger partial charge >= 0.3 is 12.2 Å². The number of nitrogens with zero attached hydrogens (tertiary/aromatic N) is 4. The van der Waals surface area contributed by atoms with Crippen LogP contribution in [-0.4, -0.2) is 114 Å². The molecule has 4 aliphatic heterocycles. The molecule has 6 amide bonds. The van der Waals surface area contributed by atoms with Crippen LogP contribution >= 0.6 is 0 Å². The molecule has 0 aliphatic carbocycles. The number of ether oxygens (including phenoxy) is 4. The van der Waals surface area contributed by atoms with E-state index in [0.29, 0.717) is 49.1 Å². The maximum absolute atomic E-state index is 13.2. The van der Waals surface area contributed by atoms with Crippen LogP contribution in [0, 0.1) is 0 Å². The van der Waals surface area contributed by atoms with Crippen LogP contribution in [0.1, 0.15) is 20.7 Å². The molecule has 7 rings (SSSR count). The average molecular weight is 713 g/mol. The highest BCUT2D eigenvalue weighted by molar-refractivity contribution is 6.07. The van der Waals surface area contributed by atoms with Gasteiger partial charge in [-0.15, -0.1) is 0 Å². The van der Waals surface area contributed by atoms with Gasteiger partial charge in [0.2, 0.25) is 0 Å². The lowest BCUT2D eigenvalue weighted by Gasteiger charge is -2.27. The largest absolute Gasteiger partial charge is 0.442 e. The molecule has 2 N–H and O–H groups in total. The van der Waals surface area contributed by atoms with Crippen molar-refractivity contribution in [1.82, 2.24) is 10.6 Å². The van der Waals surface area contributed by atoms with Crippen molar-refractivity contribution in [2.75, 3.05) is 85.3 Å². The molecule has 16 nitrogen and oxygen atoms in total. The molecule has 0 radical (unpaired) electrons. The highest BCUT2D eigenvalue weighted by Gasteiger charge is 2.35. The number of morpholine rings is 2. The first kappa shape index (κ1) is 34.4. The number of anilines is 4. The van der Waals surface area contributed by atoms with E-state index in [9.17, 15) is 28.8 Å². The fraction of sp³-hybridized carbons (Fsp3) is 0.333. The van der Waals surface area contributed by atoms with Gasteiger partial charge in [0.25, 0.3) is 23.6 Å². The summed E-state index contributed by atoms with van der Waals surface area (Å²) in [6.07, 6.45) is -2.42. The first-order valence-corrected chi connectivity index (χ1v) is 16.8. The third-order valence-corrected chi connectivity index (χ3v) is 9.06. The van der Waals surface area contributed by atoms with Gasteiger partial charge in [0.05, 0.1) is 50.5 Å². The van der Waals surface area contributed by atoms with Gasteiger partial charge in [0, 0.05) is 35.8 Å². The second-order valence-corrected chi connectivity index (χ2v) is 12.4. The van der Waals surface area contributed by atoms with Gasteiger partial charge in [0.1, 0.15) is 25.4 Å². The predicted molar refractivity (Wildman–Crippen MR) is 186 cm³/mol. The SMILES string of the molecule is O=C(NCC1CN(c2ccc(N3CCOCC3=O)cc2)C(=O)O1)c1ccccc1C(=O)NCC1CN(c2ccc(N3CCOCC3=O)cc2)C(=O)O1. The Morgan fingerprint density at radius 3 is 1.29 bits per heavy atom. The second kappa shape index (κ2) is 15.1. The standard InChI is InChI=1S/C36H36N6O10/c43-31-21-49-15-13-39(31)23-5-9-25(10-6-23)41-19-27(51-35(41)47)17-37-33(45)29-3-1-2-4-30(29)34(46)38-18-28-20-42(36(48)52-28)26-11-7-24(8-12-26)40-14-16-50-22-32(40)44/h1-12,27-28H,13-22H2,(H,37,45)(H,38,46). The molecule has 0 aromatic heterocycles. The first-order chi connectivity index (χ1) is 25.2. The van der Waals surface area contributed by atoms with Crippen molar-refractivity contribution >= 4 is 58.6 Å². The van der Waals surface area contributed by atoms with Crippen molar-refractivity contribution in [2.24, 2.45) is 0 Å². The smallest absolute Gasteiger partial charge is 0.414 e. The minimum Gasteiger partial charge on any atom is -0.442 e. The molecule has 16 heteroatoms. The lowest BCUT2D eigenvalue weighted by atomic mass is 10.1. The lowest BCUT2D eigenvalue weighted by molar-refractivity contribution is -0.126. The van der Waals surface area contributed by atoms with E-state index in [1.165, 1.54) is 21.9 Å². The quantitative estimate of drug-likeness (QED) is 0.316. The van der Waals surface area contributed by atoms with E-state index < -0.39 is 36.2 Å². The Bertz CT molecular complexity index is 1740.